The van der Waals surface area contributed by atoms with Gasteiger partial charge in [-0.25, -0.2) is 0 Å². The molecule has 4 unspecified atom stereocenters. The maximum absolute atomic E-state index is 6.13. The summed E-state index contributed by atoms with van der Waals surface area (Å²) in [6, 6.07) is 6.34. The predicted molar refractivity (Wildman–Crippen MR) is 79.8 cm³/mol. The van der Waals surface area contributed by atoms with E-state index in [-0.39, 0.29) is 6.04 Å². The molecule has 0 radical (unpaired) electrons. The first-order valence-corrected chi connectivity index (χ1v) is 7.77. The summed E-state index contributed by atoms with van der Waals surface area (Å²) in [7, 11) is 0. The predicted octanol–water partition coefficient (Wildman–Crippen LogP) is 3.98. The summed E-state index contributed by atoms with van der Waals surface area (Å²) in [6.45, 7) is 2.14. The molecule has 3 N–H and O–H groups in total. The molecule has 104 valence electrons. The molecule has 2 bridgehead atoms. The highest BCUT2D eigenvalue weighted by atomic mass is 35.5. The number of hydrazine groups is 1. The lowest BCUT2D eigenvalue weighted by Gasteiger charge is -2.27. The van der Waals surface area contributed by atoms with Crippen LogP contribution in [-0.4, -0.2) is 0 Å². The van der Waals surface area contributed by atoms with Crippen LogP contribution in [0.5, 0.6) is 0 Å². The normalized spacial score (nSPS) is 30.8. The molecule has 2 fully saturated rings. The van der Waals surface area contributed by atoms with Crippen molar-refractivity contribution in [1.82, 2.24) is 5.43 Å². The average Bonchev–Trinajstić information content (AvgIpc) is 3.01. The highest BCUT2D eigenvalue weighted by Crippen LogP contribution is 2.51. The summed E-state index contributed by atoms with van der Waals surface area (Å²) < 4.78 is 0. The molecule has 0 saturated heterocycles. The highest BCUT2D eigenvalue weighted by molar-refractivity contribution is 6.30. The number of benzene rings is 1. The Labute approximate surface area is 120 Å². The molecule has 0 amide bonds. The van der Waals surface area contributed by atoms with Gasteiger partial charge in [-0.15, -0.1) is 0 Å². The summed E-state index contributed by atoms with van der Waals surface area (Å²) in [5, 5.41) is 0.800. The molecule has 2 aliphatic rings. The van der Waals surface area contributed by atoms with Gasteiger partial charge in [0.25, 0.3) is 0 Å². The van der Waals surface area contributed by atoms with Crippen molar-refractivity contribution in [1.29, 1.82) is 0 Å². The maximum Gasteiger partial charge on any atom is 0.0465 e. The minimum absolute atomic E-state index is 0.239. The Hall–Kier alpha value is -0.570. The first-order valence-electron chi connectivity index (χ1n) is 7.39. The van der Waals surface area contributed by atoms with E-state index in [1.807, 2.05) is 6.07 Å². The second kappa shape index (κ2) is 5.43. The number of halogens is 1. The molecule has 3 rings (SSSR count). The maximum atomic E-state index is 6.13. The minimum atomic E-state index is 0.239. The van der Waals surface area contributed by atoms with Crippen LogP contribution >= 0.6 is 11.6 Å². The zero-order valence-corrected chi connectivity index (χ0v) is 12.3. The minimum Gasteiger partial charge on any atom is -0.271 e. The fourth-order valence-corrected chi connectivity index (χ4v) is 4.42. The summed E-state index contributed by atoms with van der Waals surface area (Å²) in [5.74, 6) is 8.59. The van der Waals surface area contributed by atoms with Crippen LogP contribution < -0.4 is 11.3 Å². The number of nitrogens with one attached hydrogen (secondary N) is 1. The van der Waals surface area contributed by atoms with E-state index < -0.39 is 0 Å². The van der Waals surface area contributed by atoms with Gasteiger partial charge >= 0.3 is 0 Å². The Morgan fingerprint density at radius 1 is 1.37 bits per heavy atom. The largest absolute Gasteiger partial charge is 0.271 e. The van der Waals surface area contributed by atoms with Crippen LogP contribution in [0.15, 0.2) is 18.2 Å². The van der Waals surface area contributed by atoms with Gasteiger partial charge in [0.2, 0.25) is 0 Å². The Morgan fingerprint density at radius 3 is 2.84 bits per heavy atom. The van der Waals surface area contributed by atoms with Crippen molar-refractivity contribution >= 4 is 11.6 Å². The third kappa shape index (κ3) is 2.67. The molecule has 0 aliphatic heterocycles. The summed E-state index contributed by atoms with van der Waals surface area (Å²) in [5.41, 5.74) is 5.55. The van der Waals surface area contributed by atoms with Gasteiger partial charge in [-0.05, 0) is 73.6 Å². The van der Waals surface area contributed by atoms with Crippen LogP contribution in [0.1, 0.15) is 49.3 Å². The average molecular weight is 279 g/mol. The van der Waals surface area contributed by atoms with E-state index in [2.05, 4.69) is 24.5 Å². The Bertz CT molecular complexity index is 460. The zero-order valence-electron chi connectivity index (χ0n) is 11.5. The van der Waals surface area contributed by atoms with Crippen molar-refractivity contribution in [2.45, 2.75) is 45.1 Å². The van der Waals surface area contributed by atoms with Gasteiger partial charge in [0.15, 0.2) is 0 Å². The standard InChI is InChI=1S/C16H23ClN2/c1-10-2-5-14(17)9-15(10)16(19-18)8-13-7-11-3-4-12(13)6-11/h2,5,9,11-13,16,19H,3-4,6-8,18H2,1H3. The third-order valence-electron chi connectivity index (χ3n) is 5.24. The molecule has 0 heterocycles. The van der Waals surface area contributed by atoms with Crippen molar-refractivity contribution < 1.29 is 0 Å². The first kappa shape index (κ1) is 13.4. The van der Waals surface area contributed by atoms with Crippen molar-refractivity contribution in [2.24, 2.45) is 23.6 Å². The van der Waals surface area contributed by atoms with E-state index in [4.69, 9.17) is 17.4 Å². The lowest BCUT2D eigenvalue weighted by molar-refractivity contribution is 0.280. The van der Waals surface area contributed by atoms with Gasteiger partial charge in [0, 0.05) is 11.1 Å². The van der Waals surface area contributed by atoms with Gasteiger partial charge in [0.1, 0.15) is 0 Å². The summed E-state index contributed by atoms with van der Waals surface area (Å²) in [4.78, 5) is 0. The van der Waals surface area contributed by atoms with Gasteiger partial charge in [0.05, 0.1) is 0 Å². The van der Waals surface area contributed by atoms with E-state index in [1.165, 1.54) is 36.8 Å². The zero-order chi connectivity index (χ0) is 13.4. The fourth-order valence-electron chi connectivity index (χ4n) is 4.24. The molecule has 19 heavy (non-hydrogen) atoms. The lowest BCUT2D eigenvalue weighted by atomic mass is 9.82. The molecular formula is C16H23ClN2. The van der Waals surface area contributed by atoms with Crippen LogP contribution in [0.3, 0.4) is 0 Å². The molecular weight excluding hydrogens is 256 g/mol. The van der Waals surface area contributed by atoms with Gasteiger partial charge in [-0.2, -0.15) is 0 Å². The van der Waals surface area contributed by atoms with Crippen LogP contribution in [-0.2, 0) is 0 Å². The molecule has 2 saturated carbocycles. The molecule has 2 aliphatic carbocycles. The van der Waals surface area contributed by atoms with E-state index >= 15 is 0 Å². The van der Waals surface area contributed by atoms with Crippen LogP contribution in [0.25, 0.3) is 0 Å². The first-order chi connectivity index (χ1) is 9.17. The van der Waals surface area contributed by atoms with E-state index in [9.17, 15) is 0 Å². The Balaban J connectivity index is 1.75. The Kier molecular flexibility index (Phi) is 3.84. The summed E-state index contributed by atoms with van der Waals surface area (Å²) >= 11 is 6.13. The van der Waals surface area contributed by atoms with Crippen molar-refractivity contribution in [3.8, 4) is 0 Å². The van der Waals surface area contributed by atoms with Crippen LogP contribution in [0.2, 0.25) is 5.02 Å². The topological polar surface area (TPSA) is 38.0 Å². The number of nitrogens with two attached hydrogens (primary N) is 1. The number of aryl methyl sites for hydroxylation is 1. The smallest absolute Gasteiger partial charge is 0.0465 e. The molecule has 0 spiro atoms. The highest BCUT2D eigenvalue weighted by Gasteiger charge is 2.40. The monoisotopic (exact) mass is 278 g/mol. The second-order valence-electron chi connectivity index (χ2n) is 6.39. The Morgan fingerprint density at radius 2 is 2.21 bits per heavy atom. The van der Waals surface area contributed by atoms with Crippen molar-refractivity contribution in [3.63, 3.8) is 0 Å². The molecule has 0 aromatic heterocycles. The van der Waals surface area contributed by atoms with Gasteiger partial charge in [-0.1, -0.05) is 24.1 Å². The van der Waals surface area contributed by atoms with Gasteiger partial charge in [-0.3, -0.25) is 11.3 Å². The number of hydrogen-bond acceptors (Lipinski definition) is 2. The van der Waals surface area contributed by atoms with Gasteiger partial charge < -0.3 is 0 Å². The van der Waals surface area contributed by atoms with Crippen LogP contribution in [0, 0.1) is 24.7 Å². The fraction of sp³-hybridized carbons (Fsp3) is 0.625. The lowest BCUT2D eigenvalue weighted by Crippen LogP contribution is -2.31. The molecule has 2 nitrogen and oxygen atoms in total. The number of hydrogen-bond donors (Lipinski definition) is 2. The number of rotatable bonds is 4. The van der Waals surface area contributed by atoms with E-state index in [1.54, 1.807) is 0 Å². The molecule has 4 atom stereocenters. The third-order valence-corrected chi connectivity index (χ3v) is 5.48. The molecule has 1 aromatic rings. The van der Waals surface area contributed by atoms with E-state index in [0.717, 1.165) is 29.2 Å². The van der Waals surface area contributed by atoms with Crippen molar-refractivity contribution in [3.05, 3.63) is 34.3 Å². The second-order valence-corrected chi connectivity index (χ2v) is 6.83. The molecule has 1 aromatic carbocycles. The van der Waals surface area contributed by atoms with Crippen LogP contribution in [0.4, 0.5) is 0 Å². The summed E-state index contributed by atoms with van der Waals surface area (Å²) in [6.07, 6.45) is 6.90. The number of fused-ring (bicyclic) bond motifs is 2. The quantitative estimate of drug-likeness (QED) is 0.646. The van der Waals surface area contributed by atoms with Crippen molar-refractivity contribution in [2.75, 3.05) is 0 Å². The SMILES string of the molecule is Cc1ccc(Cl)cc1C(CC1CC2CCC1C2)NN. The molecule has 3 heteroatoms. The van der Waals surface area contributed by atoms with E-state index in [0.29, 0.717) is 0 Å².